The second kappa shape index (κ2) is 14.3. The summed E-state index contributed by atoms with van der Waals surface area (Å²) in [5.74, 6) is -7.54. The number of rotatable bonds is 8. The molecular weight excluding hydrogens is 523 g/mol. The Labute approximate surface area is 203 Å². The van der Waals surface area contributed by atoms with Gasteiger partial charge in [-0.3, -0.25) is 19.2 Å². The first kappa shape index (κ1) is 29.2. The first-order valence-electron chi connectivity index (χ1n) is 9.11. The number of hydrogen-bond acceptors (Lipinski definition) is 8. The fourth-order valence-electron chi connectivity index (χ4n) is 2.31. The zero-order valence-electron chi connectivity index (χ0n) is 17.5. The van der Waals surface area contributed by atoms with Gasteiger partial charge < -0.3 is 19.8 Å². The van der Waals surface area contributed by atoms with Gasteiger partial charge in [0, 0.05) is 0 Å². The topological polar surface area (TPSA) is 149 Å². The van der Waals surface area contributed by atoms with E-state index in [4.69, 9.17) is 0 Å². The fraction of sp³-hybridized carbons (Fsp3) is 0.0833. The smallest absolute Gasteiger partial charge is 0.541 e. The van der Waals surface area contributed by atoms with Gasteiger partial charge in [0.1, 0.15) is 11.9 Å². The molecule has 0 saturated carbocycles. The molecule has 33 heavy (non-hydrogen) atoms. The summed E-state index contributed by atoms with van der Waals surface area (Å²) in [6, 6.07) is 17.0. The zero-order valence-corrected chi connectivity index (χ0v) is 19.1. The van der Waals surface area contributed by atoms with E-state index in [-0.39, 0.29) is 31.6 Å². The molecule has 0 bridgehead atoms. The van der Waals surface area contributed by atoms with Crippen molar-refractivity contribution in [2.75, 3.05) is 0 Å². The van der Waals surface area contributed by atoms with E-state index >= 15 is 0 Å². The predicted molar refractivity (Wildman–Crippen MR) is 110 cm³/mol. The second-order valence-electron chi connectivity index (χ2n) is 6.28. The number of ketones is 4. The van der Waals surface area contributed by atoms with Crippen LogP contribution in [0.25, 0.3) is 12.2 Å². The predicted octanol–water partition coefficient (Wildman–Crippen LogP) is -0.0465. The minimum Gasteiger partial charge on any atom is -0.541 e. The van der Waals surface area contributed by atoms with Crippen molar-refractivity contribution >= 4 is 47.2 Å². The zero-order chi connectivity index (χ0) is 24.3. The summed E-state index contributed by atoms with van der Waals surface area (Å²) in [4.78, 5) is 65.3. The quantitative estimate of drug-likeness (QED) is 0.149. The summed E-state index contributed by atoms with van der Waals surface area (Å²) in [5, 5.41) is 20.8. The Morgan fingerprint density at radius 1 is 0.576 bits per heavy atom. The Morgan fingerprint density at radius 2 is 0.848 bits per heavy atom. The molecule has 2 aromatic carbocycles. The van der Waals surface area contributed by atoms with Gasteiger partial charge >= 0.3 is 20.4 Å². The molecule has 0 amide bonds. The van der Waals surface area contributed by atoms with Crippen molar-refractivity contribution in [3.8, 4) is 0 Å². The van der Waals surface area contributed by atoms with E-state index in [1.54, 1.807) is 60.7 Å². The SMILES string of the molecule is CC(=O)C(=Cc1ccccc1)C(=O)C(=O)[O-].CC(=O)C(=Cc1ccccc1)C(=O)C(=O)[O-].[Pd+2]. The molecule has 0 aliphatic rings. The average molecular weight is 541 g/mol. The maximum absolute atomic E-state index is 11.1. The van der Waals surface area contributed by atoms with Crippen molar-refractivity contribution in [1.82, 2.24) is 0 Å². The molecule has 0 aromatic heterocycles. The van der Waals surface area contributed by atoms with Crippen molar-refractivity contribution in [3.63, 3.8) is 0 Å². The normalized spacial score (nSPS) is 10.6. The standard InChI is InChI=1S/2C12H10O4.Pd/c2*1-8(13)10(11(14)12(15)16)7-9-5-3-2-4-6-9;/h2*2-7H,1H3,(H,15,16);/q;;+2/p-2. The molecule has 0 heterocycles. The van der Waals surface area contributed by atoms with Crippen LogP contribution in [0.1, 0.15) is 25.0 Å². The maximum atomic E-state index is 11.1. The van der Waals surface area contributed by atoms with E-state index in [0.717, 1.165) is 13.8 Å². The van der Waals surface area contributed by atoms with Crippen molar-refractivity contribution in [1.29, 1.82) is 0 Å². The Balaban J connectivity index is 0.000000602. The molecule has 172 valence electrons. The van der Waals surface area contributed by atoms with Crippen LogP contribution < -0.4 is 10.2 Å². The van der Waals surface area contributed by atoms with Gasteiger partial charge in [-0.05, 0) is 37.1 Å². The third kappa shape index (κ3) is 9.91. The van der Waals surface area contributed by atoms with Gasteiger partial charge in [0.25, 0.3) is 0 Å². The fourth-order valence-corrected chi connectivity index (χ4v) is 2.31. The number of Topliss-reactive ketones (excluding diaryl/α,β-unsaturated/α-hetero) is 4. The molecule has 0 fully saturated rings. The van der Waals surface area contributed by atoms with Gasteiger partial charge in [-0.2, -0.15) is 0 Å². The molecule has 0 aliphatic heterocycles. The largest absolute Gasteiger partial charge is 2.00 e. The molecule has 2 rings (SSSR count). The van der Waals surface area contributed by atoms with Crippen molar-refractivity contribution in [2.24, 2.45) is 0 Å². The number of carbonyl (C=O) groups is 6. The van der Waals surface area contributed by atoms with E-state index in [1.807, 2.05) is 0 Å². The third-order valence-electron chi connectivity index (χ3n) is 3.84. The first-order chi connectivity index (χ1) is 15.0. The Hall–Kier alpha value is -3.80. The molecule has 0 radical (unpaired) electrons. The van der Waals surface area contributed by atoms with Gasteiger partial charge in [-0.1, -0.05) is 60.7 Å². The minimum atomic E-state index is -1.88. The average Bonchev–Trinajstić information content (AvgIpc) is 2.76. The van der Waals surface area contributed by atoms with Crippen LogP contribution in [0.3, 0.4) is 0 Å². The summed E-state index contributed by atoms with van der Waals surface area (Å²) < 4.78 is 0. The molecule has 0 N–H and O–H groups in total. The summed E-state index contributed by atoms with van der Waals surface area (Å²) >= 11 is 0. The van der Waals surface area contributed by atoms with Crippen LogP contribution in [-0.2, 0) is 49.2 Å². The van der Waals surface area contributed by atoms with Gasteiger partial charge in [-0.15, -0.1) is 0 Å². The minimum absolute atomic E-state index is 0. The molecule has 0 unspecified atom stereocenters. The maximum Gasteiger partial charge on any atom is 2.00 e. The van der Waals surface area contributed by atoms with Gasteiger partial charge in [-0.25, -0.2) is 0 Å². The third-order valence-corrected chi connectivity index (χ3v) is 3.84. The molecule has 9 heteroatoms. The summed E-state index contributed by atoms with van der Waals surface area (Å²) in [6.45, 7) is 2.27. The van der Waals surface area contributed by atoms with Crippen LogP contribution in [0.15, 0.2) is 71.8 Å². The number of hydrogen-bond donors (Lipinski definition) is 0. The molecule has 0 atom stereocenters. The van der Waals surface area contributed by atoms with E-state index in [2.05, 4.69) is 0 Å². The van der Waals surface area contributed by atoms with Crippen LogP contribution in [0, 0.1) is 0 Å². The number of carbonyl (C=O) groups excluding carboxylic acids is 6. The van der Waals surface area contributed by atoms with E-state index in [1.165, 1.54) is 12.2 Å². The van der Waals surface area contributed by atoms with E-state index < -0.39 is 35.1 Å². The summed E-state index contributed by atoms with van der Waals surface area (Å²) in [5.41, 5.74) is 0.405. The van der Waals surface area contributed by atoms with Crippen LogP contribution >= 0.6 is 0 Å². The van der Waals surface area contributed by atoms with Crippen LogP contribution in [-0.4, -0.2) is 35.1 Å². The number of carboxylic acid groups (broad SMARTS) is 2. The molecule has 0 aliphatic carbocycles. The molecule has 2 aromatic rings. The monoisotopic (exact) mass is 540 g/mol. The van der Waals surface area contributed by atoms with Crippen molar-refractivity contribution in [2.45, 2.75) is 13.8 Å². The number of aliphatic carboxylic acids is 2. The van der Waals surface area contributed by atoms with E-state index in [0.29, 0.717) is 11.1 Å². The number of benzene rings is 2. The molecule has 8 nitrogen and oxygen atoms in total. The van der Waals surface area contributed by atoms with Gasteiger partial charge in [0.05, 0.1) is 11.1 Å². The summed E-state index contributed by atoms with van der Waals surface area (Å²) in [6.07, 6.45) is 2.47. The first-order valence-corrected chi connectivity index (χ1v) is 9.11. The Kier molecular flexibility index (Phi) is 12.7. The van der Waals surface area contributed by atoms with Crippen LogP contribution in [0.4, 0.5) is 0 Å². The van der Waals surface area contributed by atoms with Crippen LogP contribution in [0.2, 0.25) is 0 Å². The van der Waals surface area contributed by atoms with Crippen molar-refractivity contribution in [3.05, 3.63) is 82.9 Å². The number of carboxylic acids is 2. The Morgan fingerprint density at radius 3 is 1.06 bits per heavy atom. The Bertz CT molecular complexity index is 1010. The molecule has 0 spiro atoms. The second-order valence-corrected chi connectivity index (χ2v) is 6.28. The molecule has 0 saturated heterocycles. The van der Waals surface area contributed by atoms with Crippen molar-refractivity contribution < 1.29 is 59.4 Å². The van der Waals surface area contributed by atoms with E-state index in [9.17, 15) is 39.0 Å². The van der Waals surface area contributed by atoms with Crippen LogP contribution in [0.5, 0.6) is 0 Å². The van der Waals surface area contributed by atoms with Gasteiger partial charge in [0.15, 0.2) is 11.6 Å². The summed E-state index contributed by atoms with van der Waals surface area (Å²) in [7, 11) is 0. The van der Waals surface area contributed by atoms with Gasteiger partial charge in [0.2, 0.25) is 11.6 Å². The molecular formula is C24H18O8Pd.